The van der Waals surface area contributed by atoms with Gasteiger partial charge in [-0.15, -0.1) is 0 Å². The summed E-state index contributed by atoms with van der Waals surface area (Å²) >= 11 is 0. The zero-order valence-electron chi connectivity index (χ0n) is 11.3. The number of ether oxygens (including phenoxy) is 1. The quantitative estimate of drug-likeness (QED) is 0.558. The Balaban J connectivity index is 2.70. The highest BCUT2D eigenvalue weighted by atomic mass is 16.6. The Kier molecular flexibility index (Phi) is 5.81. The Bertz CT molecular complexity index is 451. The minimum Gasteiger partial charge on any atom is -0.389 e. The molecule has 1 aromatic heterocycles. The number of nitro groups is 1. The van der Waals surface area contributed by atoms with Crippen LogP contribution in [0, 0.1) is 24.0 Å². The van der Waals surface area contributed by atoms with E-state index in [0.29, 0.717) is 29.9 Å². The van der Waals surface area contributed by atoms with Crippen molar-refractivity contribution < 1.29 is 14.8 Å². The fraction of sp³-hybridized carbons (Fsp3) is 0.583. The lowest BCUT2D eigenvalue weighted by molar-refractivity contribution is -0.386. The number of nitrogens with one attached hydrogen (secondary N) is 1. The summed E-state index contributed by atoms with van der Waals surface area (Å²) in [6.07, 6.45) is 0.888. The van der Waals surface area contributed by atoms with Crippen molar-refractivity contribution in [3.8, 4) is 0 Å². The average molecular weight is 269 g/mol. The van der Waals surface area contributed by atoms with Gasteiger partial charge in [-0.2, -0.15) is 0 Å². The Labute approximate surface area is 111 Å². The third kappa shape index (κ3) is 4.23. The molecule has 2 N–H and O–H groups in total. The monoisotopic (exact) mass is 269 g/mol. The van der Waals surface area contributed by atoms with E-state index < -0.39 is 11.0 Å². The fourth-order valence-electron chi connectivity index (χ4n) is 1.83. The first-order valence-corrected chi connectivity index (χ1v) is 5.94. The number of aliphatic hydroxyl groups is 1. The lowest BCUT2D eigenvalue weighted by Crippen LogP contribution is -2.30. The second kappa shape index (κ2) is 7.13. The number of methoxy groups -OCH3 is 1. The van der Waals surface area contributed by atoms with Gasteiger partial charge in [0.15, 0.2) is 0 Å². The van der Waals surface area contributed by atoms with E-state index in [0.717, 1.165) is 0 Å². The summed E-state index contributed by atoms with van der Waals surface area (Å²) in [6.45, 7) is 4.30. The minimum atomic E-state index is -0.606. The summed E-state index contributed by atoms with van der Waals surface area (Å²) in [4.78, 5) is 14.8. The molecule has 1 atom stereocenters. The van der Waals surface area contributed by atoms with Gasteiger partial charge in [-0.1, -0.05) is 0 Å². The lowest BCUT2D eigenvalue weighted by atomic mass is 10.1. The first-order valence-electron chi connectivity index (χ1n) is 5.94. The van der Waals surface area contributed by atoms with E-state index in [4.69, 9.17) is 4.74 Å². The lowest BCUT2D eigenvalue weighted by Gasteiger charge is -2.12. The number of nitrogens with zero attached hydrogens (tertiary/aromatic N) is 2. The molecule has 0 aliphatic heterocycles. The Morgan fingerprint density at radius 3 is 2.84 bits per heavy atom. The smallest absolute Gasteiger partial charge is 0.278 e. The van der Waals surface area contributed by atoms with Gasteiger partial charge in [-0.05, 0) is 13.8 Å². The Morgan fingerprint density at radius 1 is 1.58 bits per heavy atom. The topological polar surface area (TPSA) is 97.5 Å². The third-order valence-electron chi connectivity index (χ3n) is 2.79. The molecule has 0 bridgehead atoms. The van der Waals surface area contributed by atoms with Crippen molar-refractivity contribution in [2.45, 2.75) is 26.5 Å². The molecule has 7 heteroatoms. The van der Waals surface area contributed by atoms with Crippen LogP contribution in [0.5, 0.6) is 0 Å². The number of aromatic nitrogens is 1. The number of aryl methyl sites for hydroxylation is 1. The standard InChI is InChI=1S/C12H19N3O4/c1-8-4-14-11(9(2)12(8)15(17)18)6-13-5-10(16)7-19-3/h4,10,13,16H,5-7H2,1-3H3. The second-order valence-corrected chi connectivity index (χ2v) is 4.36. The highest BCUT2D eigenvalue weighted by molar-refractivity contribution is 5.47. The molecule has 0 fully saturated rings. The number of hydrogen-bond acceptors (Lipinski definition) is 6. The SMILES string of the molecule is COCC(O)CNCc1ncc(C)c([N+](=O)[O-])c1C. The summed E-state index contributed by atoms with van der Waals surface area (Å²) in [7, 11) is 1.51. The summed E-state index contributed by atoms with van der Waals surface area (Å²) in [5, 5.41) is 23.4. The summed E-state index contributed by atoms with van der Waals surface area (Å²) in [6, 6.07) is 0. The van der Waals surface area contributed by atoms with Crippen LogP contribution in [0.4, 0.5) is 5.69 Å². The summed E-state index contributed by atoms with van der Waals surface area (Å²) in [5.41, 5.74) is 1.82. The van der Waals surface area contributed by atoms with Crippen LogP contribution >= 0.6 is 0 Å². The van der Waals surface area contributed by atoms with Crippen molar-refractivity contribution in [3.63, 3.8) is 0 Å². The van der Waals surface area contributed by atoms with E-state index in [2.05, 4.69) is 10.3 Å². The highest BCUT2D eigenvalue weighted by Gasteiger charge is 2.18. The summed E-state index contributed by atoms with van der Waals surface area (Å²) in [5.74, 6) is 0. The van der Waals surface area contributed by atoms with E-state index in [-0.39, 0.29) is 12.3 Å². The van der Waals surface area contributed by atoms with Gasteiger partial charge < -0.3 is 15.2 Å². The van der Waals surface area contributed by atoms with Crippen molar-refractivity contribution in [1.82, 2.24) is 10.3 Å². The van der Waals surface area contributed by atoms with E-state index in [9.17, 15) is 15.2 Å². The van der Waals surface area contributed by atoms with Gasteiger partial charge in [0.25, 0.3) is 5.69 Å². The first kappa shape index (κ1) is 15.5. The van der Waals surface area contributed by atoms with Crippen LogP contribution in [0.15, 0.2) is 6.20 Å². The van der Waals surface area contributed by atoms with E-state index in [1.54, 1.807) is 13.8 Å². The van der Waals surface area contributed by atoms with Crippen LogP contribution in [0.25, 0.3) is 0 Å². The molecule has 0 saturated carbocycles. The predicted molar refractivity (Wildman–Crippen MR) is 70.0 cm³/mol. The molecule has 0 radical (unpaired) electrons. The van der Waals surface area contributed by atoms with Crippen molar-refractivity contribution in [1.29, 1.82) is 0 Å². The fourth-order valence-corrected chi connectivity index (χ4v) is 1.83. The Morgan fingerprint density at radius 2 is 2.26 bits per heavy atom. The molecule has 1 rings (SSSR count). The average Bonchev–Trinajstić information content (AvgIpc) is 2.32. The number of rotatable bonds is 7. The molecule has 0 amide bonds. The van der Waals surface area contributed by atoms with Crippen molar-refractivity contribution in [3.05, 3.63) is 33.1 Å². The van der Waals surface area contributed by atoms with Crippen LogP contribution in [0.2, 0.25) is 0 Å². The maximum Gasteiger partial charge on any atom is 0.278 e. The van der Waals surface area contributed by atoms with E-state index in [1.165, 1.54) is 13.3 Å². The molecule has 1 aromatic rings. The normalized spacial score (nSPS) is 12.4. The van der Waals surface area contributed by atoms with Gasteiger partial charge in [-0.25, -0.2) is 0 Å². The third-order valence-corrected chi connectivity index (χ3v) is 2.79. The van der Waals surface area contributed by atoms with E-state index >= 15 is 0 Å². The zero-order valence-corrected chi connectivity index (χ0v) is 11.3. The van der Waals surface area contributed by atoms with Gasteiger partial charge in [0.1, 0.15) is 0 Å². The Hall–Kier alpha value is -1.57. The van der Waals surface area contributed by atoms with E-state index in [1.807, 2.05) is 0 Å². The highest BCUT2D eigenvalue weighted by Crippen LogP contribution is 2.23. The van der Waals surface area contributed by atoms with Crippen molar-refractivity contribution in [2.24, 2.45) is 0 Å². The maximum absolute atomic E-state index is 11.0. The molecule has 0 aliphatic carbocycles. The number of hydrogen-bond donors (Lipinski definition) is 2. The van der Waals surface area contributed by atoms with Crippen LogP contribution in [0.1, 0.15) is 16.8 Å². The molecular formula is C12H19N3O4. The van der Waals surface area contributed by atoms with Gasteiger partial charge in [-0.3, -0.25) is 15.1 Å². The van der Waals surface area contributed by atoms with Gasteiger partial charge in [0, 0.05) is 37.5 Å². The molecule has 106 valence electrons. The van der Waals surface area contributed by atoms with Gasteiger partial charge >= 0.3 is 0 Å². The molecule has 1 heterocycles. The maximum atomic E-state index is 11.0. The molecule has 0 aromatic carbocycles. The van der Waals surface area contributed by atoms with Crippen LogP contribution in [-0.2, 0) is 11.3 Å². The predicted octanol–water partition coefficient (Wildman–Crippen LogP) is 0.704. The number of pyridine rings is 1. The molecule has 0 spiro atoms. The van der Waals surface area contributed by atoms with Crippen molar-refractivity contribution >= 4 is 5.69 Å². The minimum absolute atomic E-state index is 0.101. The molecule has 19 heavy (non-hydrogen) atoms. The van der Waals surface area contributed by atoms with Gasteiger partial charge in [0.05, 0.1) is 23.3 Å². The number of aliphatic hydroxyl groups excluding tert-OH is 1. The summed E-state index contributed by atoms with van der Waals surface area (Å²) < 4.78 is 4.80. The molecule has 1 unspecified atom stereocenters. The second-order valence-electron chi connectivity index (χ2n) is 4.36. The van der Waals surface area contributed by atoms with Crippen LogP contribution < -0.4 is 5.32 Å². The van der Waals surface area contributed by atoms with Gasteiger partial charge in [0.2, 0.25) is 0 Å². The largest absolute Gasteiger partial charge is 0.389 e. The van der Waals surface area contributed by atoms with Crippen molar-refractivity contribution in [2.75, 3.05) is 20.3 Å². The first-order chi connectivity index (χ1) is 8.97. The molecule has 7 nitrogen and oxygen atoms in total. The molecule has 0 aliphatic rings. The molecule has 0 saturated heterocycles. The van der Waals surface area contributed by atoms with Crippen LogP contribution in [0.3, 0.4) is 0 Å². The molecular weight excluding hydrogens is 250 g/mol. The van der Waals surface area contributed by atoms with Crippen LogP contribution in [-0.4, -0.2) is 41.4 Å². The zero-order chi connectivity index (χ0) is 14.4.